The van der Waals surface area contributed by atoms with Gasteiger partial charge in [0.2, 0.25) is 11.8 Å². The number of carbonyl (C=O) groups excluding carboxylic acids is 2. The summed E-state index contributed by atoms with van der Waals surface area (Å²) in [7, 11) is 1.60. The van der Waals surface area contributed by atoms with Gasteiger partial charge >= 0.3 is 0 Å². The molecule has 154 valence electrons. The molecule has 0 radical (unpaired) electrons. The number of amides is 2. The molecular formula is C23H23N3O4. The standard InChI is InChI=1S/C23H23N3O4/c1-29-20-10-9-19(17-4-2-12-24-23(17)20)26-21(27)5-3-13-30-16-7-8-18-15(14-16)6-11-22(28)25-18/h2,4,7-10,12,14H,3,5-6,11,13H2,1H3,(H,25,28)(H,26,27). The fourth-order valence-electron chi connectivity index (χ4n) is 3.51. The normalized spacial score (nSPS) is 12.8. The van der Waals surface area contributed by atoms with Crippen molar-refractivity contribution >= 4 is 34.1 Å². The lowest BCUT2D eigenvalue weighted by Gasteiger charge is -2.17. The van der Waals surface area contributed by atoms with Gasteiger partial charge in [0.1, 0.15) is 17.0 Å². The zero-order valence-corrected chi connectivity index (χ0v) is 16.7. The van der Waals surface area contributed by atoms with E-state index in [1.807, 2.05) is 36.4 Å². The number of ether oxygens (including phenoxy) is 2. The van der Waals surface area contributed by atoms with Gasteiger partial charge in [-0.1, -0.05) is 0 Å². The number of aryl methyl sites for hydroxylation is 1. The van der Waals surface area contributed by atoms with Gasteiger partial charge in [-0.3, -0.25) is 14.6 Å². The van der Waals surface area contributed by atoms with Crippen molar-refractivity contribution in [2.45, 2.75) is 25.7 Å². The Labute approximate surface area is 174 Å². The molecule has 4 rings (SSSR count). The fourth-order valence-corrected chi connectivity index (χ4v) is 3.51. The zero-order valence-electron chi connectivity index (χ0n) is 16.7. The smallest absolute Gasteiger partial charge is 0.224 e. The van der Waals surface area contributed by atoms with Crippen LogP contribution in [0.15, 0.2) is 48.7 Å². The summed E-state index contributed by atoms with van der Waals surface area (Å²) in [6, 6.07) is 13.0. The molecule has 2 heterocycles. The molecule has 7 heteroatoms. The number of methoxy groups -OCH3 is 1. The summed E-state index contributed by atoms with van der Waals surface area (Å²) in [4.78, 5) is 28.2. The van der Waals surface area contributed by atoms with E-state index in [0.717, 1.165) is 22.4 Å². The molecule has 0 aliphatic carbocycles. The van der Waals surface area contributed by atoms with Crippen LogP contribution >= 0.6 is 0 Å². The number of rotatable bonds is 7. The second-order valence-electron chi connectivity index (χ2n) is 7.08. The van der Waals surface area contributed by atoms with Crippen LogP contribution in [0.3, 0.4) is 0 Å². The molecule has 2 N–H and O–H groups in total. The van der Waals surface area contributed by atoms with E-state index >= 15 is 0 Å². The first kappa shape index (κ1) is 19.7. The number of hydrogen-bond donors (Lipinski definition) is 2. The van der Waals surface area contributed by atoms with Gasteiger partial charge in [0.25, 0.3) is 0 Å². The summed E-state index contributed by atoms with van der Waals surface area (Å²) in [5.74, 6) is 1.38. The highest BCUT2D eigenvalue weighted by Gasteiger charge is 2.15. The van der Waals surface area contributed by atoms with E-state index < -0.39 is 0 Å². The lowest BCUT2D eigenvalue weighted by molar-refractivity contribution is -0.117. The molecule has 0 unspecified atom stereocenters. The summed E-state index contributed by atoms with van der Waals surface area (Å²) in [5, 5.41) is 6.64. The maximum atomic E-state index is 12.4. The number of nitrogens with one attached hydrogen (secondary N) is 2. The summed E-state index contributed by atoms with van der Waals surface area (Å²) in [5.41, 5.74) is 3.34. The van der Waals surface area contributed by atoms with E-state index in [4.69, 9.17) is 9.47 Å². The zero-order chi connectivity index (χ0) is 20.9. The number of benzene rings is 2. The van der Waals surface area contributed by atoms with Gasteiger partial charge < -0.3 is 20.1 Å². The second-order valence-corrected chi connectivity index (χ2v) is 7.08. The highest BCUT2D eigenvalue weighted by Crippen LogP contribution is 2.30. The number of anilines is 2. The third kappa shape index (κ3) is 4.35. The van der Waals surface area contributed by atoms with Gasteiger partial charge in [-0.2, -0.15) is 0 Å². The molecule has 0 saturated heterocycles. The second kappa shape index (κ2) is 8.82. The number of carbonyl (C=O) groups is 2. The van der Waals surface area contributed by atoms with Crippen LogP contribution in [0.5, 0.6) is 11.5 Å². The Morgan fingerprint density at radius 2 is 2.10 bits per heavy atom. The highest BCUT2D eigenvalue weighted by atomic mass is 16.5. The molecule has 1 aliphatic heterocycles. The summed E-state index contributed by atoms with van der Waals surface area (Å²) >= 11 is 0. The molecule has 3 aromatic rings. The fraction of sp³-hybridized carbons (Fsp3) is 0.261. The lowest BCUT2D eigenvalue weighted by Crippen LogP contribution is -2.18. The Balaban J connectivity index is 1.30. The van der Waals surface area contributed by atoms with E-state index in [9.17, 15) is 9.59 Å². The molecular weight excluding hydrogens is 382 g/mol. The molecule has 1 aromatic heterocycles. The molecule has 0 bridgehead atoms. The average Bonchev–Trinajstić information content (AvgIpc) is 2.77. The average molecular weight is 405 g/mol. The minimum absolute atomic E-state index is 0.0441. The number of pyridine rings is 1. The predicted molar refractivity (Wildman–Crippen MR) is 115 cm³/mol. The van der Waals surface area contributed by atoms with Gasteiger partial charge in [-0.15, -0.1) is 0 Å². The van der Waals surface area contributed by atoms with Crippen LogP contribution in [-0.2, 0) is 16.0 Å². The largest absolute Gasteiger partial charge is 0.494 e. The van der Waals surface area contributed by atoms with Gasteiger partial charge in [-0.25, -0.2) is 0 Å². The SMILES string of the molecule is COc1ccc(NC(=O)CCCOc2ccc3c(c2)CCC(=O)N3)c2cccnc12. The molecule has 0 saturated carbocycles. The van der Waals surface area contributed by atoms with Crippen molar-refractivity contribution in [3.63, 3.8) is 0 Å². The first-order valence-electron chi connectivity index (χ1n) is 9.91. The molecule has 0 spiro atoms. The van der Waals surface area contributed by atoms with E-state index in [0.29, 0.717) is 49.2 Å². The maximum absolute atomic E-state index is 12.4. The van der Waals surface area contributed by atoms with Crippen molar-refractivity contribution in [3.05, 3.63) is 54.2 Å². The minimum Gasteiger partial charge on any atom is -0.494 e. The number of hydrogen-bond acceptors (Lipinski definition) is 5. The molecule has 0 fully saturated rings. The van der Waals surface area contributed by atoms with Crippen LogP contribution in [0.25, 0.3) is 10.9 Å². The molecule has 0 atom stereocenters. The van der Waals surface area contributed by atoms with Gasteiger partial charge in [0.15, 0.2) is 0 Å². The Hall–Kier alpha value is -3.61. The van der Waals surface area contributed by atoms with Crippen LogP contribution in [0.2, 0.25) is 0 Å². The van der Waals surface area contributed by atoms with E-state index in [2.05, 4.69) is 15.6 Å². The van der Waals surface area contributed by atoms with Crippen LogP contribution in [0.4, 0.5) is 11.4 Å². The van der Waals surface area contributed by atoms with E-state index in [1.165, 1.54) is 0 Å². The minimum atomic E-state index is -0.0814. The molecule has 30 heavy (non-hydrogen) atoms. The molecule has 2 amide bonds. The topological polar surface area (TPSA) is 89.5 Å². The molecule has 1 aliphatic rings. The quantitative estimate of drug-likeness (QED) is 0.582. The Bertz CT molecular complexity index is 1100. The predicted octanol–water partition coefficient (Wildman–Crippen LogP) is 3.93. The number of aromatic nitrogens is 1. The lowest BCUT2D eigenvalue weighted by atomic mass is 10.0. The van der Waals surface area contributed by atoms with Crippen molar-refractivity contribution in [2.24, 2.45) is 0 Å². The Kier molecular flexibility index (Phi) is 5.79. The summed E-state index contributed by atoms with van der Waals surface area (Å²) < 4.78 is 11.1. The number of fused-ring (bicyclic) bond motifs is 2. The van der Waals surface area contributed by atoms with Crippen molar-refractivity contribution in [2.75, 3.05) is 24.4 Å². The van der Waals surface area contributed by atoms with Gasteiger partial charge in [-0.05, 0) is 60.9 Å². The van der Waals surface area contributed by atoms with Crippen LogP contribution < -0.4 is 20.1 Å². The molecule has 7 nitrogen and oxygen atoms in total. The third-order valence-corrected chi connectivity index (χ3v) is 5.02. The van der Waals surface area contributed by atoms with Crippen molar-refractivity contribution in [1.82, 2.24) is 4.98 Å². The molecule has 2 aromatic carbocycles. The number of nitrogens with zero attached hydrogens (tertiary/aromatic N) is 1. The van der Waals surface area contributed by atoms with Crippen molar-refractivity contribution < 1.29 is 19.1 Å². The Morgan fingerprint density at radius 1 is 1.20 bits per heavy atom. The Morgan fingerprint density at radius 3 is 2.97 bits per heavy atom. The van der Waals surface area contributed by atoms with Gasteiger partial charge in [0, 0.05) is 30.1 Å². The van der Waals surface area contributed by atoms with Crippen molar-refractivity contribution in [1.29, 1.82) is 0 Å². The van der Waals surface area contributed by atoms with E-state index in [1.54, 1.807) is 19.4 Å². The van der Waals surface area contributed by atoms with Gasteiger partial charge in [0.05, 0.1) is 19.4 Å². The van der Waals surface area contributed by atoms with Crippen LogP contribution in [-0.4, -0.2) is 30.5 Å². The highest BCUT2D eigenvalue weighted by molar-refractivity contribution is 6.02. The van der Waals surface area contributed by atoms with Crippen molar-refractivity contribution in [3.8, 4) is 11.5 Å². The summed E-state index contributed by atoms with van der Waals surface area (Å²) in [6.07, 6.45) is 3.83. The first-order chi connectivity index (χ1) is 14.6. The maximum Gasteiger partial charge on any atom is 0.224 e. The third-order valence-electron chi connectivity index (χ3n) is 5.02. The van der Waals surface area contributed by atoms with Crippen LogP contribution in [0, 0.1) is 0 Å². The van der Waals surface area contributed by atoms with Crippen LogP contribution in [0.1, 0.15) is 24.8 Å². The van der Waals surface area contributed by atoms with E-state index in [-0.39, 0.29) is 11.8 Å². The monoisotopic (exact) mass is 405 g/mol. The first-order valence-corrected chi connectivity index (χ1v) is 9.91. The summed E-state index contributed by atoms with van der Waals surface area (Å²) in [6.45, 7) is 0.434.